The number of ketones is 1. The number of benzene rings is 1. The molecule has 154 valence electrons. The molecular weight excluding hydrogens is 428 g/mol. The Balaban J connectivity index is 1.73. The molecule has 1 fully saturated rings. The lowest BCUT2D eigenvalue weighted by molar-refractivity contribution is -0.136. The molecule has 3 rings (SSSR count). The highest BCUT2D eigenvalue weighted by Gasteiger charge is 2.44. The van der Waals surface area contributed by atoms with Crippen LogP contribution in [0.2, 0.25) is 0 Å². The van der Waals surface area contributed by atoms with Gasteiger partial charge in [0.15, 0.2) is 5.78 Å². The maximum absolute atomic E-state index is 12.7. The molecule has 0 saturated carbocycles. The molecule has 0 aliphatic carbocycles. The molecule has 12 heteroatoms. The van der Waals surface area contributed by atoms with Crippen molar-refractivity contribution < 1.29 is 37.1 Å². The van der Waals surface area contributed by atoms with Gasteiger partial charge in [0.1, 0.15) is 12.6 Å². The molecule has 1 atom stereocenters. The molecule has 2 heterocycles. The number of fused-ring (bicyclic) bond motifs is 1. The Morgan fingerprint density at radius 3 is 2.52 bits per heavy atom. The topological polar surface area (TPSA) is 144 Å². The van der Waals surface area contributed by atoms with Gasteiger partial charge in [-0.25, -0.2) is 8.42 Å². The van der Waals surface area contributed by atoms with Crippen molar-refractivity contribution in [3.63, 3.8) is 0 Å². The smallest absolute Gasteiger partial charge is 0.262 e. The monoisotopic (exact) mass is 442 g/mol. The van der Waals surface area contributed by atoms with Gasteiger partial charge in [0.25, 0.3) is 11.8 Å². The van der Waals surface area contributed by atoms with Crippen LogP contribution in [0.15, 0.2) is 18.2 Å². The van der Waals surface area contributed by atoms with E-state index in [2.05, 4.69) is 5.32 Å². The van der Waals surface area contributed by atoms with Crippen LogP contribution in [0, 0.1) is 0 Å². The lowest BCUT2D eigenvalue weighted by Crippen LogP contribution is -2.54. The lowest BCUT2D eigenvalue weighted by Gasteiger charge is -2.27. The van der Waals surface area contributed by atoms with Crippen LogP contribution in [0.25, 0.3) is 0 Å². The molecule has 1 aromatic rings. The third kappa shape index (κ3) is 4.52. The third-order valence-corrected chi connectivity index (χ3v) is 5.58. The van der Waals surface area contributed by atoms with E-state index < -0.39 is 56.9 Å². The molecular formula is C17H15ClN2O8S. The molecule has 2 aliphatic heterocycles. The average molecular weight is 443 g/mol. The quantitative estimate of drug-likeness (QED) is 0.266. The fourth-order valence-electron chi connectivity index (χ4n) is 3.05. The molecule has 1 aromatic carbocycles. The summed E-state index contributed by atoms with van der Waals surface area (Å²) in [5, 5.41) is 2.10. The van der Waals surface area contributed by atoms with E-state index in [1.165, 1.54) is 18.2 Å². The molecule has 10 nitrogen and oxygen atoms in total. The molecule has 4 amide bonds. The number of nitrogens with one attached hydrogen (secondary N) is 1. The van der Waals surface area contributed by atoms with E-state index in [-0.39, 0.29) is 36.1 Å². The van der Waals surface area contributed by atoms with Crippen molar-refractivity contribution in [3.05, 3.63) is 34.9 Å². The Bertz CT molecular complexity index is 1040. The van der Waals surface area contributed by atoms with Crippen LogP contribution in [-0.2, 0) is 23.4 Å². The number of hydrogen-bond acceptors (Lipinski definition) is 8. The molecule has 29 heavy (non-hydrogen) atoms. The zero-order chi connectivity index (χ0) is 21.3. The highest BCUT2D eigenvalue weighted by atomic mass is 35.7. The number of carbonyl (C=O) groups excluding carboxylic acids is 5. The number of piperidine rings is 1. The molecule has 0 bridgehead atoms. The van der Waals surface area contributed by atoms with Gasteiger partial charge in [-0.15, -0.1) is 0 Å². The van der Waals surface area contributed by atoms with Gasteiger partial charge in [-0.05, 0) is 18.6 Å². The number of carbonyl (C=O) groups is 5. The minimum atomic E-state index is -3.74. The largest absolute Gasteiger partial charge is 0.372 e. The molecule has 0 radical (unpaired) electrons. The van der Waals surface area contributed by atoms with Crippen molar-refractivity contribution >= 4 is 49.1 Å². The number of ether oxygens (including phenoxy) is 1. The van der Waals surface area contributed by atoms with Gasteiger partial charge in [-0.1, -0.05) is 6.07 Å². The number of amides is 4. The molecule has 2 aliphatic rings. The van der Waals surface area contributed by atoms with E-state index in [0.717, 1.165) is 4.90 Å². The standard InChI is InChI=1S/C17H15ClN2O8S/c18-29(26,27)6-5-28-8-13(21)9-1-2-10-11(7-9)17(25)20(16(10)24)12-3-4-14(22)19-15(12)23/h1-2,7,12H,3-6,8H2,(H,19,22,23). The summed E-state index contributed by atoms with van der Waals surface area (Å²) in [4.78, 5) is 61.6. The number of nitrogens with zero attached hydrogens (tertiary/aromatic N) is 1. The highest BCUT2D eigenvalue weighted by molar-refractivity contribution is 8.13. The first-order valence-corrected chi connectivity index (χ1v) is 11.0. The number of Topliss-reactive ketones (excluding diaryl/α,β-unsaturated/α-hetero) is 1. The maximum atomic E-state index is 12.7. The van der Waals surface area contributed by atoms with Gasteiger partial charge in [0, 0.05) is 22.7 Å². The predicted octanol–water partition coefficient (Wildman–Crippen LogP) is -0.144. The van der Waals surface area contributed by atoms with Crippen LogP contribution in [0.3, 0.4) is 0 Å². The fourth-order valence-corrected chi connectivity index (χ4v) is 3.56. The van der Waals surface area contributed by atoms with Crippen molar-refractivity contribution in [3.8, 4) is 0 Å². The van der Waals surface area contributed by atoms with Crippen LogP contribution in [0.5, 0.6) is 0 Å². The average Bonchev–Trinajstić information content (AvgIpc) is 2.89. The van der Waals surface area contributed by atoms with E-state index in [9.17, 15) is 32.4 Å². The fraction of sp³-hybridized carbons (Fsp3) is 0.353. The Labute approximate surface area is 169 Å². The first-order chi connectivity index (χ1) is 13.6. The van der Waals surface area contributed by atoms with Gasteiger partial charge in [0.2, 0.25) is 20.9 Å². The zero-order valence-corrected chi connectivity index (χ0v) is 16.4. The minimum Gasteiger partial charge on any atom is -0.372 e. The van der Waals surface area contributed by atoms with Gasteiger partial charge in [0.05, 0.1) is 23.5 Å². The highest BCUT2D eigenvalue weighted by Crippen LogP contribution is 2.28. The molecule has 0 spiro atoms. The van der Waals surface area contributed by atoms with Crippen molar-refractivity contribution in [1.29, 1.82) is 0 Å². The molecule has 0 aromatic heterocycles. The van der Waals surface area contributed by atoms with Crippen molar-refractivity contribution in [2.45, 2.75) is 18.9 Å². The summed E-state index contributed by atoms with van der Waals surface area (Å²) >= 11 is 0. The van der Waals surface area contributed by atoms with Crippen LogP contribution in [0.1, 0.15) is 43.9 Å². The van der Waals surface area contributed by atoms with Crippen molar-refractivity contribution in [1.82, 2.24) is 10.2 Å². The van der Waals surface area contributed by atoms with E-state index in [1.54, 1.807) is 0 Å². The lowest BCUT2D eigenvalue weighted by atomic mass is 10.0. The summed E-state index contributed by atoms with van der Waals surface area (Å²) in [5.74, 6) is -3.60. The van der Waals surface area contributed by atoms with Crippen molar-refractivity contribution in [2.75, 3.05) is 19.0 Å². The molecule has 1 saturated heterocycles. The minimum absolute atomic E-state index is 0.00289. The summed E-state index contributed by atoms with van der Waals surface area (Å²) < 4.78 is 26.6. The summed E-state index contributed by atoms with van der Waals surface area (Å²) in [6.45, 7) is -0.715. The second kappa shape index (κ2) is 8.01. The van der Waals surface area contributed by atoms with Crippen LogP contribution >= 0.6 is 10.7 Å². The van der Waals surface area contributed by atoms with E-state index in [1.807, 2.05) is 0 Å². The van der Waals surface area contributed by atoms with Gasteiger partial charge in [-0.2, -0.15) is 0 Å². The van der Waals surface area contributed by atoms with E-state index >= 15 is 0 Å². The summed E-state index contributed by atoms with van der Waals surface area (Å²) in [6, 6.07) is 2.77. The third-order valence-electron chi connectivity index (χ3n) is 4.47. The number of rotatable bonds is 7. The maximum Gasteiger partial charge on any atom is 0.262 e. The Morgan fingerprint density at radius 2 is 1.86 bits per heavy atom. The van der Waals surface area contributed by atoms with E-state index in [0.29, 0.717) is 0 Å². The number of imide groups is 2. The van der Waals surface area contributed by atoms with E-state index in [4.69, 9.17) is 15.4 Å². The second-order valence-corrected chi connectivity index (χ2v) is 9.32. The van der Waals surface area contributed by atoms with Crippen molar-refractivity contribution in [2.24, 2.45) is 0 Å². The van der Waals surface area contributed by atoms with Crippen LogP contribution < -0.4 is 5.32 Å². The summed E-state index contributed by atoms with van der Waals surface area (Å²) in [7, 11) is 1.30. The second-order valence-electron chi connectivity index (χ2n) is 6.43. The Hall–Kier alpha value is -2.63. The number of halogens is 1. The Morgan fingerprint density at radius 1 is 1.17 bits per heavy atom. The predicted molar refractivity (Wildman–Crippen MR) is 97.9 cm³/mol. The van der Waals surface area contributed by atoms with Gasteiger partial charge in [-0.3, -0.25) is 34.2 Å². The molecule has 1 unspecified atom stereocenters. The summed E-state index contributed by atoms with van der Waals surface area (Å²) in [5.41, 5.74) is 0.100. The zero-order valence-electron chi connectivity index (χ0n) is 14.8. The first kappa shape index (κ1) is 21.1. The first-order valence-electron chi connectivity index (χ1n) is 8.47. The SMILES string of the molecule is O=C1CCC(N2C(=O)c3ccc(C(=O)COCCS(=O)(=O)Cl)cc3C2=O)C(=O)N1. The summed E-state index contributed by atoms with van der Waals surface area (Å²) in [6.07, 6.45) is 0.0299. The normalized spacial score (nSPS) is 19.3. The number of hydrogen-bond donors (Lipinski definition) is 1. The Kier molecular flexibility index (Phi) is 5.82. The van der Waals surface area contributed by atoms with Gasteiger partial charge >= 0.3 is 0 Å². The van der Waals surface area contributed by atoms with Crippen LogP contribution in [-0.4, -0.2) is 67.7 Å². The van der Waals surface area contributed by atoms with Gasteiger partial charge < -0.3 is 4.74 Å². The molecule has 1 N–H and O–H groups in total. The van der Waals surface area contributed by atoms with Crippen LogP contribution in [0.4, 0.5) is 0 Å².